The molecule has 1 aromatic heterocycles. The topological polar surface area (TPSA) is 76.1 Å². The zero-order valence-corrected chi connectivity index (χ0v) is 16.2. The Morgan fingerprint density at radius 1 is 1.20 bits per heavy atom. The molecule has 1 aromatic rings. The van der Waals surface area contributed by atoms with Crippen LogP contribution >= 0.6 is 11.3 Å². The minimum atomic E-state index is -3.33. The van der Waals surface area contributed by atoms with E-state index >= 15 is 0 Å². The third kappa shape index (κ3) is 3.37. The van der Waals surface area contributed by atoms with Gasteiger partial charge in [0, 0.05) is 6.54 Å². The van der Waals surface area contributed by atoms with E-state index in [2.05, 4.69) is 10.3 Å². The van der Waals surface area contributed by atoms with Crippen LogP contribution in [0.5, 0.6) is 0 Å². The molecule has 0 aliphatic heterocycles. The smallest absolute Gasteiger partial charge is 0.263 e. The van der Waals surface area contributed by atoms with Gasteiger partial charge >= 0.3 is 0 Å². The van der Waals surface area contributed by atoms with Crippen LogP contribution in [0.15, 0.2) is 10.5 Å². The molecule has 0 spiro atoms. The molecule has 4 fully saturated rings. The van der Waals surface area contributed by atoms with Crippen molar-refractivity contribution in [1.82, 2.24) is 10.3 Å². The highest BCUT2D eigenvalue weighted by molar-refractivity contribution is 7.93. The van der Waals surface area contributed by atoms with Gasteiger partial charge < -0.3 is 5.32 Å². The summed E-state index contributed by atoms with van der Waals surface area (Å²) in [5.74, 6) is 4.28. The van der Waals surface area contributed by atoms with Crippen LogP contribution in [0, 0.1) is 29.6 Å². The fourth-order valence-corrected chi connectivity index (χ4v) is 7.73. The fraction of sp³-hybridized carbons (Fsp3) is 0.778. The first-order chi connectivity index (χ1) is 12.0. The molecule has 138 valence electrons. The lowest BCUT2D eigenvalue weighted by Crippen LogP contribution is -2.46. The van der Waals surface area contributed by atoms with Gasteiger partial charge in [-0.1, -0.05) is 18.3 Å². The highest BCUT2D eigenvalue weighted by Crippen LogP contribution is 2.57. The number of carbonyl (C=O) groups is 1. The molecule has 1 amide bonds. The Morgan fingerprint density at radius 3 is 2.44 bits per heavy atom. The molecule has 0 unspecified atom stereocenters. The van der Waals surface area contributed by atoms with Crippen LogP contribution in [0.25, 0.3) is 0 Å². The Hall–Kier alpha value is -0.950. The molecule has 0 radical (unpaired) electrons. The van der Waals surface area contributed by atoms with Gasteiger partial charge in [0.15, 0.2) is 0 Å². The van der Waals surface area contributed by atoms with Crippen molar-refractivity contribution in [3.05, 3.63) is 11.1 Å². The molecule has 7 heteroatoms. The third-order valence-electron chi connectivity index (χ3n) is 6.54. The van der Waals surface area contributed by atoms with Crippen molar-refractivity contribution in [2.45, 2.75) is 49.8 Å². The zero-order chi connectivity index (χ0) is 17.6. The Balaban J connectivity index is 1.31. The Morgan fingerprint density at radius 2 is 1.84 bits per heavy atom. The minimum absolute atomic E-state index is 0.00795. The molecule has 5 rings (SSSR count). The quantitative estimate of drug-likeness (QED) is 0.820. The predicted octanol–water partition coefficient (Wildman–Crippen LogP) is 3.13. The standard InChI is InChI=1S/C18H26N2O3S2/c1-2-25(22,23)18-20-10-16(24-18)17(21)19-4-3-15-13-6-11-5-12(8-13)9-14(15)7-11/h10-15H,2-9H2,1H3,(H,19,21). The zero-order valence-electron chi connectivity index (χ0n) is 14.6. The van der Waals surface area contributed by atoms with Crippen LogP contribution in [-0.4, -0.2) is 31.6 Å². The maximum Gasteiger partial charge on any atom is 0.263 e. The number of sulfone groups is 1. The SMILES string of the molecule is CCS(=O)(=O)c1ncc(C(=O)NCCC2C3CC4CC(C3)CC2C4)s1. The number of carbonyl (C=O) groups excluding carboxylic acids is 1. The van der Waals surface area contributed by atoms with Gasteiger partial charge in [-0.05, 0) is 68.1 Å². The molecule has 25 heavy (non-hydrogen) atoms. The van der Waals surface area contributed by atoms with Gasteiger partial charge in [0.25, 0.3) is 5.91 Å². The Labute approximate surface area is 153 Å². The fourth-order valence-electron chi connectivity index (χ4n) is 5.58. The van der Waals surface area contributed by atoms with E-state index in [1.807, 2.05) is 0 Å². The molecule has 4 saturated carbocycles. The van der Waals surface area contributed by atoms with Gasteiger partial charge in [0.2, 0.25) is 14.2 Å². The van der Waals surface area contributed by atoms with E-state index < -0.39 is 9.84 Å². The van der Waals surface area contributed by atoms with E-state index in [1.165, 1.54) is 38.3 Å². The molecule has 1 N–H and O–H groups in total. The van der Waals surface area contributed by atoms with Gasteiger partial charge in [0.05, 0.1) is 11.9 Å². The van der Waals surface area contributed by atoms with Crippen molar-refractivity contribution in [1.29, 1.82) is 0 Å². The molecular weight excluding hydrogens is 356 g/mol. The summed E-state index contributed by atoms with van der Waals surface area (Å²) in [6, 6.07) is 0. The lowest BCUT2D eigenvalue weighted by atomic mass is 9.51. The van der Waals surface area contributed by atoms with Gasteiger partial charge in [-0.2, -0.15) is 0 Å². The van der Waals surface area contributed by atoms with E-state index in [9.17, 15) is 13.2 Å². The summed E-state index contributed by atoms with van der Waals surface area (Å²) in [6.07, 6.45) is 9.50. The number of amides is 1. The van der Waals surface area contributed by atoms with Crippen LogP contribution in [0.2, 0.25) is 0 Å². The van der Waals surface area contributed by atoms with E-state index in [1.54, 1.807) is 6.92 Å². The number of aromatic nitrogens is 1. The first-order valence-electron chi connectivity index (χ1n) is 9.43. The molecule has 4 aliphatic carbocycles. The van der Waals surface area contributed by atoms with Crippen molar-refractivity contribution in [2.75, 3.05) is 12.3 Å². The third-order valence-corrected chi connectivity index (χ3v) is 9.74. The lowest BCUT2D eigenvalue weighted by molar-refractivity contribution is -0.0391. The van der Waals surface area contributed by atoms with Gasteiger partial charge in [-0.3, -0.25) is 4.79 Å². The van der Waals surface area contributed by atoms with Crippen molar-refractivity contribution in [3.63, 3.8) is 0 Å². The molecular formula is C18H26N2O3S2. The number of nitrogens with one attached hydrogen (secondary N) is 1. The van der Waals surface area contributed by atoms with Crippen molar-refractivity contribution >= 4 is 27.1 Å². The second-order valence-corrected chi connectivity index (χ2v) is 11.5. The summed E-state index contributed by atoms with van der Waals surface area (Å²) in [6.45, 7) is 2.26. The molecule has 5 nitrogen and oxygen atoms in total. The van der Waals surface area contributed by atoms with Crippen molar-refractivity contribution in [3.8, 4) is 0 Å². The first-order valence-corrected chi connectivity index (χ1v) is 11.9. The highest BCUT2D eigenvalue weighted by atomic mass is 32.2. The number of hydrogen-bond donors (Lipinski definition) is 1. The van der Waals surface area contributed by atoms with E-state index in [-0.39, 0.29) is 16.0 Å². The lowest BCUT2D eigenvalue weighted by Gasteiger charge is -2.54. The van der Waals surface area contributed by atoms with E-state index in [0.717, 1.165) is 47.3 Å². The second-order valence-electron chi connectivity index (χ2n) is 8.03. The van der Waals surface area contributed by atoms with Crippen LogP contribution in [0.3, 0.4) is 0 Å². The summed E-state index contributed by atoms with van der Waals surface area (Å²) in [5.41, 5.74) is 0. The maximum absolute atomic E-state index is 12.3. The van der Waals surface area contributed by atoms with Crippen LogP contribution in [0.1, 0.15) is 55.1 Å². The molecule has 1 heterocycles. The number of rotatable bonds is 6. The molecule has 4 aliphatic rings. The molecule has 4 bridgehead atoms. The monoisotopic (exact) mass is 382 g/mol. The molecule has 0 saturated heterocycles. The van der Waals surface area contributed by atoms with E-state index in [0.29, 0.717) is 11.4 Å². The predicted molar refractivity (Wildman–Crippen MR) is 97.3 cm³/mol. The van der Waals surface area contributed by atoms with Gasteiger partial charge in [-0.15, -0.1) is 0 Å². The summed E-state index contributed by atoms with van der Waals surface area (Å²) in [5, 5.41) is 2.98. The minimum Gasteiger partial charge on any atom is -0.351 e. The van der Waals surface area contributed by atoms with Gasteiger partial charge in [-0.25, -0.2) is 13.4 Å². The summed E-state index contributed by atoms with van der Waals surface area (Å²) < 4.78 is 23.7. The maximum atomic E-state index is 12.3. The average molecular weight is 383 g/mol. The van der Waals surface area contributed by atoms with Crippen molar-refractivity contribution < 1.29 is 13.2 Å². The number of thiazole rings is 1. The summed E-state index contributed by atoms with van der Waals surface area (Å²) >= 11 is 0.970. The Bertz CT molecular complexity index is 728. The second kappa shape index (κ2) is 6.65. The first kappa shape index (κ1) is 17.5. The highest BCUT2D eigenvalue weighted by Gasteiger charge is 2.47. The normalized spacial score (nSPS) is 33.6. The van der Waals surface area contributed by atoms with Crippen LogP contribution < -0.4 is 5.32 Å². The largest absolute Gasteiger partial charge is 0.351 e. The number of hydrogen-bond acceptors (Lipinski definition) is 5. The molecule has 0 atom stereocenters. The van der Waals surface area contributed by atoms with Crippen molar-refractivity contribution in [2.24, 2.45) is 29.6 Å². The Kier molecular flexibility index (Phi) is 4.65. The summed E-state index contributed by atoms with van der Waals surface area (Å²) in [4.78, 5) is 16.6. The average Bonchev–Trinajstić information content (AvgIpc) is 3.07. The number of nitrogens with zero attached hydrogens (tertiary/aromatic N) is 1. The van der Waals surface area contributed by atoms with Crippen LogP contribution in [0.4, 0.5) is 0 Å². The molecule has 0 aromatic carbocycles. The summed E-state index contributed by atoms with van der Waals surface area (Å²) in [7, 11) is -3.33. The van der Waals surface area contributed by atoms with E-state index in [4.69, 9.17) is 0 Å². The van der Waals surface area contributed by atoms with Crippen LogP contribution in [-0.2, 0) is 9.84 Å². The van der Waals surface area contributed by atoms with Gasteiger partial charge in [0.1, 0.15) is 4.88 Å².